The van der Waals surface area contributed by atoms with Crippen molar-refractivity contribution >= 4 is 16.9 Å². The minimum Gasteiger partial charge on any atom is -0.489 e. The lowest BCUT2D eigenvalue weighted by atomic mass is 10.1. The summed E-state index contributed by atoms with van der Waals surface area (Å²) in [6.45, 7) is 8.28. The molecule has 0 aromatic heterocycles. The van der Waals surface area contributed by atoms with Crippen molar-refractivity contribution in [2.45, 2.75) is 52.2 Å². The van der Waals surface area contributed by atoms with Gasteiger partial charge in [-0.15, -0.1) is 0 Å². The molecule has 0 unspecified atom stereocenters. The molecule has 0 saturated carbocycles. The van der Waals surface area contributed by atoms with Gasteiger partial charge in [-0.05, 0) is 55.2 Å². The lowest BCUT2D eigenvalue weighted by Gasteiger charge is -2.16. The first-order valence-electron chi connectivity index (χ1n) is 8.09. The van der Waals surface area contributed by atoms with Crippen LogP contribution in [0, 0.1) is 20.8 Å². The van der Waals surface area contributed by atoms with Crippen molar-refractivity contribution < 1.29 is 14.6 Å². The second kappa shape index (κ2) is 8.36. The van der Waals surface area contributed by atoms with Crippen LogP contribution in [-0.4, -0.2) is 10.2 Å². The van der Waals surface area contributed by atoms with Gasteiger partial charge in [-0.3, -0.25) is 4.79 Å². The van der Waals surface area contributed by atoms with Crippen molar-refractivity contribution in [1.82, 2.24) is 0 Å². The normalized spacial score (nSPS) is 10.7. The van der Waals surface area contributed by atoms with E-state index in [1.54, 1.807) is 0 Å². The second-order valence-corrected chi connectivity index (χ2v) is 6.97. The summed E-state index contributed by atoms with van der Waals surface area (Å²) in [6.07, 6.45) is 0.477. The number of aliphatic hydroxyl groups excluding tert-OH is 1. The van der Waals surface area contributed by atoms with Gasteiger partial charge in [0.25, 0.3) is 0 Å². The number of carbonyl (C=O) groups is 1. The summed E-state index contributed by atoms with van der Waals surface area (Å²) < 4.78 is 6.02. The Labute approximate surface area is 148 Å². The standard InChI is InChI=1S/C20H24O3S/c1-5-20(22)24-19-8-6-7-16(11-21)17(19)12-23-18-10-14(3)13(2)9-15(18)4/h6-10,21H,5,11-12H2,1-4H3. The minimum absolute atomic E-state index is 0.0701. The Kier molecular flexibility index (Phi) is 6.46. The van der Waals surface area contributed by atoms with E-state index < -0.39 is 0 Å². The Morgan fingerprint density at radius 3 is 2.50 bits per heavy atom. The van der Waals surface area contributed by atoms with Gasteiger partial charge in [-0.1, -0.05) is 36.9 Å². The van der Waals surface area contributed by atoms with Crippen molar-refractivity contribution in [2.24, 2.45) is 0 Å². The predicted molar refractivity (Wildman–Crippen MR) is 98.5 cm³/mol. The molecule has 2 aromatic rings. The van der Waals surface area contributed by atoms with E-state index in [-0.39, 0.29) is 11.7 Å². The largest absolute Gasteiger partial charge is 0.489 e. The van der Waals surface area contributed by atoms with Crippen LogP contribution in [-0.2, 0) is 18.0 Å². The van der Waals surface area contributed by atoms with E-state index >= 15 is 0 Å². The molecule has 24 heavy (non-hydrogen) atoms. The van der Waals surface area contributed by atoms with E-state index in [1.165, 1.54) is 22.9 Å². The van der Waals surface area contributed by atoms with Gasteiger partial charge < -0.3 is 9.84 Å². The molecule has 0 radical (unpaired) electrons. The van der Waals surface area contributed by atoms with E-state index in [9.17, 15) is 9.90 Å². The number of hydrogen-bond acceptors (Lipinski definition) is 4. The molecule has 0 spiro atoms. The topological polar surface area (TPSA) is 46.5 Å². The zero-order valence-corrected chi connectivity index (χ0v) is 15.5. The Balaban J connectivity index is 2.28. The molecule has 0 fully saturated rings. The van der Waals surface area contributed by atoms with Crippen molar-refractivity contribution in [3.05, 3.63) is 58.1 Å². The molecule has 0 heterocycles. The van der Waals surface area contributed by atoms with Crippen LogP contribution in [0.2, 0.25) is 0 Å². The number of aryl methyl sites for hydroxylation is 3. The second-order valence-electron chi connectivity index (χ2n) is 5.87. The zero-order chi connectivity index (χ0) is 17.7. The molecule has 4 heteroatoms. The molecule has 0 bridgehead atoms. The van der Waals surface area contributed by atoms with Crippen LogP contribution < -0.4 is 4.74 Å². The summed E-state index contributed by atoms with van der Waals surface area (Å²) in [6, 6.07) is 9.78. The van der Waals surface area contributed by atoms with Gasteiger partial charge in [0.15, 0.2) is 5.12 Å². The Bertz CT molecular complexity index is 738. The van der Waals surface area contributed by atoms with Crippen LogP contribution in [0.25, 0.3) is 0 Å². The first kappa shape index (κ1) is 18.6. The SMILES string of the molecule is CCC(=O)Sc1cccc(CO)c1COc1cc(C)c(C)cc1C. The maximum atomic E-state index is 11.8. The maximum Gasteiger partial charge on any atom is 0.193 e. The third-order valence-electron chi connectivity index (χ3n) is 4.08. The fraction of sp³-hybridized carbons (Fsp3) is 0.350. The molecule has 0 saturated heterocycles. The quantitative estimate of drug-likeness (QED) is 0.771. The van der Waals surface area contributed by atoms with Gasteiger partial charge >= 0.3 is 0 Å². The number of rotatable bonds is 6. The van der Waals surface area contributed by atoms with E-state index in [0.29, 0.717) is 13.0 Å². The number of carbonyl (C=O) groups excluding carboxylic acids is 1. The zero-order valence-electron chi connectivity index (χ0n) is 14.7. The molecule has 0 aliphatic rings. The van der Waals surface area contributed by atoms with Crippen LogP contribution in [0.15, 0.2) is 35.2 Å². The van der Waals surface area contributed by atoms with Crippen LogP contribution >= 0.6 is 11.8 Å². The molecule has 0 atom stereocenters. The molecule has 3 nitrogen and oxygen atoms in total. The summed E-state index contributed by atoms with van der Waals surface area (Å²) in [5, 5.41) is 9.72. The van der Waals surface area contributed by atoms with Gasteiger partial charge in [-0.2, -0.15) is 0 Å². The highest BCUT2D eigenvalue weighted by Crippen LogP contribution is 2.30. The average Bonchev–Trinajstić information content (AvgIpc) is 2.57. The number of ether oxygens (including phenoxy) is 1. The van der Waals surface area contributed by atoms with Crippen LogP contribution in [0.5, 0.6) is 5.75 Å². The lowest BCUT2D eigenvalue weighted by molar-refractivity contribution is -0.110. The van der Waals surface area contributed by atoms with Gasteiger partial charge in [0.1, 0.15) is 12.4 Å². The van der Waals surface area contributed by atoms with E-state index in [1.807, 2.05) is 38.1 Å². The van der Waals surface area contributed by atoms with Gasteiger partial charge in [0.05, 0.1) is 6.61 Å². The van der Waals surface area contributed by atoms with Crippen molar-refractivity contribution in [3.63, 3.8) is 0 Å². The molecule has 1 N–H and O–H groups in total. The monoisotopic (exact) mass is 344 g/mol. The number of benzene rings is 2. The Hall–Kier alpha value is -1.78. The molecule has 128 valence electrons. The molecule has 2 rings (SSSR count). The molecular formula is C20H24O3S. The van der Waals surface area contributed by atoms with Gasteiger partial charge in [-0.25, -0.2) is 0 Å². The van der Waals surface area contributed by atoms with Crippen LogP contribution in [0.3, 0.4) is 0 Å². The first-order chi connectivity index (χ1) is 11.5. The van der Waals surface area contributed by atoms with Crippen LogP contribution in [0.1, 0.15) is 41.2 Å². The summed E-state index contributed by atoms with van der Waals surface area (Å²) in [7, 11) is 0. The summed E-state index contributed by atoms with van der Waals surface area (Å²) in [5.41, 5.74) is 5.18. The lowest BCUT2D eigenvalue weighted by Crippen LogP contribution is -2.04. The Morgan fingerprint density at radius 1 is 1.12 bits per heavy atom. The minimum atomic E-state index is -0.0701. The molecule has 2 aromatic carbocycles. The van der Waals surface area contributed by atoms with Gasteiger partial charge in [0, 0.05) is 16.9 Å². The fourth-order valence-corrected chi connectivity index (χ4v) is 3.30. The predicted octanol–water partition coefficient (Wildman–Crippen LogP) is 4.71. The molecule has 0 aliphatic carbocycles. The number of thioether (sulfide) groups is 1. The van der Waals surface area contributed by atoms with Crippen LogP contribution in [0.4, 0.5) is 0 Å². The van der Waals surface area contributed by atoms with E-state index in [0.717, 1.165) is 27.3 Å². The summed E-state index contributed by atoms with van der Waals surface area (Å²) >= 11 is 1.21. The van der Waals surface area contributed by atoms with Crippen molar-refractivity contribution in [2.75, 3.05) is 0 Å². The van der Waals surface area contributed by atoms with Crippen molar-refractivity contribution in [3.8, 4) is 5.75 Å². The first-order valence-corrected chi connectivity index (χ1v) is 8.90. The van der Waals surface area contributed by atoms with Crippen molar-refractivity contribution in [1.29, 1.82) is 0 Å². The highest BCUT2D eigenvalue weighted by atomic mass is 32.2. The van der Waals surface area contributed by atoms with E-state index in [2.05, 4.69) is 19.9 Å². The third kappa shape index (κ3) is 4.40. The molecule has 0 amide bonds. The average molecular weight is 344 g/mol. The smallest absolute Gasteiger partial charge is 0.193 e. The Morgan fingerprint density at radius 2 is 1.83 bits per heavy atom. The third-order valence-corrected chi connectivity index (χ3v) is 5.19. The highest BCUT2D eigenvalue weighted by Gasteiger charge is 2.13. The molecular weight excluding hydrogens is 320 g/mol. The summed E-state index contributed by atoms with van der Waals surface area (Å²) in [4.78, 5) is 12.7. The van der Waals surface area contributed by atoms with E-state index in [4.69, 9.17) is 4.74 Å². The maximum absolute atomic E-state index is 11.8. The number of hydrogen-bond donors (Lipinski definition) is 1. The summed E-state index contributed by atoms with van der Waals surface area (Å²) in [5.74, 6) is 0.837. The molecule has 0 aliphatic heterocycles. The fourth-order valence-electron chi connectivity index (χ4n) is 2.45. The number of aliphatic hydroxyl groups is 1. The highest BCUT2D eigenvalue weighted by molar-refractivity contribution is 8.13. The van der Waals surface area contributed by atoms with Gasteiger partial charge in [0.2, 0.25) is 0 Å².